The number of aliphatic carboxylic acids is 1. The summed E-state index contributed by atoms with van der Waals surface area (Å²) in [5.74, 6) is 0.169. The first-order valence-electron chi connectivity index (χ1n) is 9.97. The number of nitrogens with one attached hydrogen (secondary N) is 2. The molecule has 4 N–H and O–H groups in total. The normalized spacial score (nSPS) is 27.3. The maximum Gasteiger partial charge on any atom is 0.315 e. The van der Waals surface area contributed by atoms with E-state index in [0.29, 0.717) is 37.6 Å². The molecule has 4 unspecified atom stereocenters. The lowest BCUT2D eigenvalue weighted by Gasteiger charge is -2.32. The van der Waals surface area contributed by atoms with Crippen LogP contribution in [0.5, 0.6) is 0 Å². The highest BCUT2D eigenvalue weighted by molar-refractivity contribution is 5.74. The number of carbonyl (C=O) groups is 2. The van der Waals surface area contributed by atoms with Gasteiger partial charge in [0.2, 0.25) is 0 Å². The summed E-state index contributed by atoms with van der Waals surface area (Å²) < 4.78 is 0. The number of rotatable bonds is 9. The molecule has 2 saturated carbocycles. The van der Waals surface area contributed by atoms with Gasteiger partial charge in [-0.2, -0.15) is 0 Å². The molecule has 2 aliphatic rings. The third kappa shape index (κ3) is 5.45. The van der Waals surface area contributed by atoms with E-state index < -0.39 is 11.6 Å². The first-order valence-corrected chi connectivity index (χ1v) is 9.97. The van der Waals surface area contributed by atoms with Crippen molar-refractivity contribution < 1.29 is 19.8 Å². The van der Waals surface area contributed by atoms with Gasteiger partial charge >= 0.3 is 12.0 Å². The average Bonchev–Trinajstić information content (AvgIpc) is 3.21. The van der Waals surface area contributed by atoms with Crippen LogP contribution in [0.1, 0.15) is 50.5 Å². The highest BCUT2D eigenvalue weighted by atomic mass is 16.4. The number of carbonyl (C=O) groups excluding carboxylic acids is 1. The standard InChI is InChI=1S/C21H30N2O4/c24-19(25)9-8-18(13-15-4-2-1-3-5-15)23-20(26)22-11-10-21(27)14-16-6-7-17(21)12-16/h1-5,16-18,27H,6-14H2,(H,24,25)(H2,22,23,26). The number of urea groups is 1. The van der Waals surface area contributed by atoms with Gasteiger partial charge in [-0.15, -0.1) is 0 Å². The van der Waals surface area contributed by atoms with Gasteiger partial charge in [0, 0.05) is 19.0 Å². The van der Waals surface area contributed by atoms with Crippen LogP contribution in [0.3, 0.4) is 0 Å². The van der Waals surface area contributed by atoms with Crippen LogP contribution in [0.25, 0.3) is 0 Å². The average molecular weight is 374 g/mol. The first-order chi connectivity index (χ1) is 12.9. The summed E-state index contributed by atoms with van der Waals surface area (Å²) in [6.07, 6.45) is 5.88. The Morgan fingerprint density at radius 3 is 2.63 bits per heavy atom. The molecule has 27 heavy (non-hydrogen) atoms. The lowest BCUT2D eigenvalue weighted by molar-refractivity contribution is -0.137. The molecular formula is C21H30N2O4. The Kier molecular flexibility index (Phi) is 6.37. The summed E-state index contributed by atoms with van der Waals surface area (Å²) in [4.78, 5) is 23.2. The topological polar surface area (TPSA) is 98.7 Å². The van der Waals surface area contributed by atoms with E-state index in [1.54, 1.807) is 0 Å². The SMILES string of the molecule is O=C(O)CCC(Cc1ccccc1)NC(=O)NCCC1(O)CC2CCC1C2. The van der Waals surface area contributed by atoms with E-state index in [-0.39, 0.29) is 18.5 Å². The zero-order chi connectivity index (χ0) is 19.3. The molecule has 2 bridgehead atoms. The summed E-state index contributed by atoms with van der Waals surface area (Å²) in [6.45, 7) is 0.433. The van der Waals surface area contributed by atoms with Gasteiger partial charge in [-0.3, -0.25) is 4.79 Å². The molecule has 0 aliphatic heterocycles. The molecule has 0 spiro atoms. The van der Waals surface area contributed by atoms with E-state index in [2.05, 4.69) is 10.6 Å². The number of carboxylic acids is 1. The molecule has 6 nitrogen and oxygen atoms in total. The molecule has 148 valence electrons. The Morgan fingerprint density at radius 1 is 1.22 bits per heavy atom. The monoisotopic (exact) mass is 374 g/mol. The molecule has 2 fully saturated rings. The number of hydrogen-bond donors (Lipinski definition) is 4. The lowest BCUT2D eigenvalue weighted by Crippen LogP contribution is -2.45. The van der Waals surface area contributed by atoms with Crippen molar-refractivity contribution in [3.05, 3.63) is 35.9 Å². The smallest absolute Gasteiger partial charge is 0.315 e. The third-order valence-electron chi connectivity index (χ3n) is 6.15. The second kappa shape index (κ2) is 8.74. The summed E-state index contributed by atoms with van der Waals surface area (Å²) in [5.41, 5.74) is 0.438. The second-order valence-electron chi connectivity index (χ2n) is 8.15. The number of fused-ring (bicyclic) bond motifs is 2. The Labute approximate surface area is 160 Å². The molecule has 0 radical (unpaired) electrons. The lowest BCUT2D eigenvalue weighted by atomic mass is 9.82. The van der Waals surface area contributed by atoms with Crippen LogP contribution in [0.4, 0.5) is 4.79 Å². The number of amides is 2. The van der Waals surface area contributed by atoms with Crippen LogP contribution in [-0.4, -0.2) is 40.4 Å². The van der Waals surface area contributed by atoms with Crippen molar-refractivity contribution in [3.8, 4) is 0 Å². The Bertz CT molecular complexity index is 651. The van der Waals surface area contributed by atoms with Crippen LogP contribution in [0.15, 0.2) is 30.3 Å². The zero-order valence-corrected chi connectivity index (χ0v) is 15.7. The predicted octanol–water partition coefficient (Wildman–Crippen LogP) is 2.70. The van der Waals surface area contributed by atoms with Crippen LogP contribution in [0, 0.1) is 11.8 Å². The van der Waals surface area contributed by atoms with Gasteiger partial charge in [0.05, 0.1) is 5.60 Å². The van der Waals surface area contributed by atoms with Crippen molar-refractivity contribution in [2.45, 2.75) is 63.0 Å². The Hall–Kier alpha value is -2.08. The van der Waals surface area contributed by atoms with Crippen LogP contribution >= 0.6 is 0 Å². The summed E-state index contributed by atoms with van der Waals surface area (Å²) in [7, 11) is 0. The van der Waals surface area contributed by atoms with Gasteiger partial charge in [0.1, 0.15) is 0 Å². The molecule has 0 heterocycles. The van der Waals surface area contributed by atoms with Crippen molar-refractivity contribution >= 4 is 12.0 Å². The number of aliphatic hydroxyl groups is 1. The van der Waals surface area contributed by atoms with Crippen LogP contribution < -0.4 is 10.6 Å². The van der Waals surface area contributed by atoms with Gasteiger partial charge in [0.25, 0.3) is 0 Å². The molecule has 1 aromatic carbocycles. The van der Waals surface area contributed by atoms with Gasteiger partial charge in [-0.25, -0.2) is 4.79 Å². The number of hydrogen-bond acceptors (Lipinski definition) is 3. The van der Waals surface area contributed by atoms with E-state index in [4.69, 9.17) is 5.11 Å². The zero-order valence-electron chi connectivity index (χ0n) is 15.7. The second-order valence-corrected chi connectivity index (χ2v) is 8.15. The molecule has 0 saturated heterocycles. The molecule has 4 atom stereocenters. The van der Waals surface area contributed by atoms with E-state index in [0.717, 1.165) is 24.8 Å². The van der Waals surface area contributed by atoms with E-state index in [1.165, 1.54) is 6.42 Å². The quantitative estimate of drug-likeness (QED) is 0.534. The molecular weight excluding hydrogens is 344 g/mol. The highest BCUT2D eigenvalue weighted by Gasteiger charge is 2.49. The van der Waals surface area contributed by atoms with Crippen LogP contribution in [-0.2, 0) is 11.2 Å². The molecule has 0 aromatic heterocycles. The van der Waals surface area contributed by atoms with Crippen molar-refractivity contribution in [3.63, 3.8) is 0 Å². The predicted molar refractivity (Wildman–Crippen MR) is 102 cm³/mol. The fraction of sp³-hybridized carbons (Fsp3) is 0.619. The molecule has 2 amide bonds. The minimum Gasteiger partial charge on any atom is -0.481 e. The largest absolute Gasteiger partial charge is 0.481 e. The summed E-state index contributed by atoms with van der Waals surface area (Å²) in [6, 6.07) is 9.19. The minimum atomic E-state index is -0.867. The molecule has 1 aromatic rings. The van der Waals surface area contributed by atoms with Crippen molar-refractivity contribution in [1.29, 1.82) is 0 Å². The maximum absolute atomic E-state index is 12.3. The van der Waals surface area contributed by atoms with Crippen molar-refractivity contribution in [2.24, 2.45) is 11.8 Å². The molecule has 2 aliphatic carbocycles. The number of benzene rings is 1. The molecule has 6 heteroatoms. The van der Waals surface area contributed by atoms with Crippen molar-refractivity contribution in [1.82, 2.24) is 10.6 Å². The fourth-order valence-electron chi connectivity index (χ4n) is 4.77. The third-order valence-corrected chi connectivity index (χ3v) is 6.15. The van der Waals surface area contributed by atoms with Crippen molar-refractivity contribution in [2.75, 3.05) is 6.54 Å². The summed E-state index contributed by atoms with van der Waals surface area (Å²) in [5, 5.41) is 25.5. The van der Waals surface area contributed by atoms with Gasteiger partial charge in [-0.1, -0.05) is 30.3 Å². The fourth-order valence-corrected chi connectivity index (χ4v) is 4.77. The Morgan fingerprint density at radius 2 is 2.00 bits per heavy atom. The first kappa shape index (κ1) is 19.7. The maximum atomic E-state index is 12.3. The molecule has 3 rings (SSSR count). The van der Waals surface area contributed by atoms with Crippen LogP contribution in [0.2, 0.25) is 0 Å². The van der Waals surface area contributed by atoms with E-state index in [9.17, 15) is 14.7 Å². The van der Waals surface area contributed by atoms with E-state index >= 15 is 0 Å². The number of carboxylic acid groups (broad SMARTS) is 1. The Balaban J connectivity index is 1.45. The highest BCUT2D eigenvalue weighted by Crippen LogP contribution is 2.51. The summed E-state index contributed by atoms with van der Waals surface area (Å²) >= 11 is 0. The van der Waals surface area contributed by atoms with Gasteiger partial charge < -0.3 is 20.8 Å². The van der Waals surface area contributed by atoms with Gasteiger partial charge in [-0.05, 0) is 62.3 Å². The van der Waals surface area contributed by atoms with E-state index in [1.807, 2.05) is 30.3 Å². The minimum absolute atomic E-state index is 0.0145. The van der Waals surface area contributed by atoms with Gasteiger partial charge in [0.15, 0.2) is 0 Å².